The summed E-state index contributed by atoms with van der Waals surface area (Å²) in [6.45, 7) is 0. The number of carboxylic acids is 1. The molecule has 0 aromatic heterocycles. The Labute approximate surface area is 160 Å². The number of fused-ring (bicyclic) bond motifs is 1. The van der Waals surface area contributed by atoms with E-state index in [1.165, 1.54) is 0 Å². The van der Waals surface area contributed by atoms with Gasteiger partial charge in [-0.2, -0.15) is 24.5 Å². The number of hydrogen-bond acceptors (Lipinski definition) is 7. The number of hydrogen-bond donors (Lipinski definition) is 4. The molecule has 3 saturated heterocycles. The molecule has 4 amide bonds. The maximum atomic E-state index is 11.1. The first-order valence-corrected chi connectivity index (χ1v) is 10.8. The minimum Gasteiger partial charge on any atom is -0.481 e. The van der Waals surface area contributed by atoms with Crippen LogP contribution >= 0.6 is 11.8 Å². The summed E-state index contributed by atoms with van der Waals surface area (Å²) in [7, 11) is -4.67. The van der Waals surface area contributed by atoms with E-state index in [0.717, 1.165) is 25.0 Å². The van der Waals surface area contributed by atoms with E-state index in [0.29, 0.717) is 5.25 Å². The molecule has 0 unspecified atom stereocenters. The van der Waals surface area contributed by atoms with Gasteiger partial charge in [-0.05, 0) is 12.8 Å². The van der Waals surface area contributed by atoms with Crippen LogP contribution in [0.1, 0.15) is 38.5 Å². The fourth-order valence-electron chi connectivity index (χ4n) is 3.08. The summed E-state index contributed by atoms with van der Waals surface area (Å²) in [6.07, 6.45) is 2.57. The lowest BCUT2D eigenvalue weighted by molar-refractivity contribution is -0.137. The van der Waals surface area contributed by atoms with Gasteiger partial charge >= 0.3 is 22.3 Å². The van der Waals surface area contributed by atoms with Gasteiger partial charge in [0.2, 0.25) is 11.8 Å². The first kappa shape index (κ1) is 21.4. The van der Waals surface area contributed by atoms with Crippen molar-refractivity contribution < 1.29 is 37.3 Å². The van der Waals surface area contributed by atoms with Crippen molar-refractivity contribution >= 4 is 45.9 Å². The lowest BCUT2D eigenvalue weighted by Crippen LogP contribution is -2.36. The number of carbonyl (C=O) groups excluding carboxylic acids is 3. The molecular weight excluding hydrogens is 402 g/mol. The summed E-state index contributed by atoms with van der Waals surface area (Å²) in [6, 6.07) is 0.440. The molecule has 0 saturated carbocycles. The lowest BCUT2D eigenvalue weighted by Gasteiger charge is -2.16. The highest BCUT2D eigenvalue weighted by molar-refractivity contribution is 8.00. The smallest absolute Gasteiger partial charge is 0.368 e. The molecule has 3 fully saturated rings. The first-order valence-electron chi connectivity index (χ1n) is 8.33. The Bertz CT molecular complexity index is 710. The fraction of sp³-hybridized carbons (Fsp3) is 0.714. The predicted molar refractivity (Wildman–Crippen MR) is 94.2 cm³/mol. The molecule has 3 aliphatic rings. The third kappa shape index (κ3) is 5.81. The van der Waals surface area contributed by atoms with Gasteiger partial charge in [-0.3, -0.25) is 18.9 Å². The molecule has 27 heavy (non-hydrogen) atoms. The molecule has 11 nitrogen and oxygen atoms in total. The van der Waals surface area contributed by atoms with Gasteiger partial charge in [0.15, 0.2) is 0 Å². The average Bonchev–Trinajstić information content (AvgIpc) is 3.18. The molecule has 3 atom stereocenters. The zero-order valence-electron chi connectivity index (χ0n) is 14.3. The zero-order valence-corrected chi connectivity index (χ0v) is 15.9. The molecule has 13 heteroatoms. The zero-order chi connectivity index (χ0) is 20.2. The minimum atomic E-state index is -4.67. The molecule has 4 N–H and O–H groups in total. The Morgan fingerprint density at radius 1 is 1.15 bits per heavy atom. The molecule has 152 valence electrons. The molecule has 0 bridgehead atoms. The molecule has 3 aliphatic heterocycles. The maximum Gasteiger partial charge on any atom is 0.368 e. The Kier molecular flexibility index (Phi) is 7.06. The second kappa shape index (κ2) is 8.89. The lowest BCUT2D eigenvalue weighted by atomic mass is 10.0. The Hall–Kier alpha value is -1.86. The number of rotatable bonds is 6. The van der Waals surface area contributed by atoms with E-state index in [4.69, 9.17) is 9.66 Å². The van der Waals surface area contributed by atoms with Gasteiger partial charge < -0.3 is 15.7 Å². The third-order valence-corrected chi connectivity index (χ3v) is 6.68. The largest absolute Gasteiger partial charge is 0.481 e. The summed E-state index contributed by atoms with van der Waals surface area (Å²) in [5.74, 6) is -1.52. The molecule has 0 spiro atoms. The van der Waals surface area contributed by atoms with Gasteiger partial charge in [-0.15, -0.1) is 0 Å². The molecule has 0 radical (unpaired) electrons. The number of carboxylic acid groups (broad SMARTS) is 1. The monoisotopic (exact) mass is 423 g/mol. The van der Waals surface area contributed by atoms with E-state index in [2.05, 4.69) is 10.6 Å². The van der Waals surface area contributed by atoms with E-state index >= 15 is 0 Å². The van der Waals surface area contributed by atoms with E-state index < -0.39 is 28.1 Å². The van der Waals surface area contributed by atoms with Gasteiger partial charge in [0.25, 0.3) is 0 Å². The van der Waals surface area contributed by atoms with Crippen molar-refractivity contribution in [3.8, 4) is 0 Å². The van der Waals surface area contributed by atoms with E-state index in [-0.39, 0.29) is 41.7 Å². The van der Waals surface area contributed by atoms with E-state index in [1.807, 2.05) is 11.8 Å². The number of nitrogens with zero attached hydrogens (tertiary/aromatic N) is 1. The number of amides is 4. The summed E-state index contributed by atoms with van der Waals surface area (Å²) < 4.78 is 28.8. The quantitative estimate of drug-likeness (QED) is 0.194. The molecule has 0 aromatic rings. The molecular formula is C14H21N3O8S2. The minimum absolute atomic E-state index is 0.0640. The second-order valence-electron chi connectivity index (χ2n) is 6.29. The molecule has 0 aromatic carbocycles. The molecule has 0 aliphatic carbocycles. The van der Waals surface area contributed by atoms with Gasteiger partial charge in [0.1, 0.15) is 0 Å². The van der Waals surface area contributed by atoms with Crippen LogP contribution in [0, 0.1) is 0 Å². The maximum absolute atomic E-state index is 11.1. The number of carbonyl (C=O) groups is 4. The van der Waals surface area contributed by atoms with Crippen LogP contribution < -0.4 is 10.6 Å². The van der Waals surface area contributed by atoms with Crippen molar-refractivity contribution in [3.05, 3.63) is 0 Å². The summed E-state index contributed by atoms with van der Waals surface area (Å²) >= 11 is 1.87. The molecule has 3 rings (SSSR count). The van der Waals surface area contributed by atoms with Crippen molar-refractivity contribution in [3.63, 3.8) is 0 Å². The average molecular weight is 423 g/mol. The van der Waals surface area contributed by atoms with Crippen LogP contribution in [0.25, 0.3) is 0 Å². The normalized spacial score (nSPS) is 26.9. The van der Waals surface area contributed by atoms with Crippen LogP contribution in [0.3, 0.4) is 0 Å². The summed E-state index contributed by atoms with van der Waals surface area (Å²) in [5.41, 5.74) is 0. The van der Waals surface area contributed by atoms with Crippen molar-refractivity contribution in [2.45, 2.75) is 55.9 Å². The van der Waals surface area contributed by atoms with E-state index in [1.54, 1.807) is 0 Å². The standard InChI is InChI=1S/C10H16N2O3S.C4H5NO5S/c13-8(14)4-2-1-3-7-9-6(5-16-7)11-10(15)12-9;6-3-1-2-4(7)5(3)11(8,9)10/h6-7,9H,1-5H2,(H,13,14)(H2,11,12,15);1-2H2,(H,8,9,10)/t6-,7-,9-;/m0./s1. The van der Waals surface area contributed by atoms with E-state index in [9.17, 15) is 27.6 Å². The van der Waals surface area contributed by atoms with Crippen LogP contribution in [0.15, 0.2) is 0 Å². The van der Waals surface area contributed by atoms with Gasteiger partial charge in [0.05, 0.1) is 12.1 Å². The van der Waals surface area contributed by atoms with Crippen LogP contribution in [0.4, 0.5) is 4.79 Å². The number of nitrogens with one attached hydrogen (secondary N) is 2. The predicted octanol–water partition coefficient (Wildman–Crippen LogP) is -0.265. The first-order chi connectivity index (χ1) is 12.6. The number of imide groups is 1. The molecule has 3 heterocycles. The van der Waals surface area contributed by atoms with Crippen molar-refractivity contribution in [1.29, 1.82) is 0 Å². The highest BCUT2D eigenvalue weighted by Crippen LogP contribution is 2.33. The fourth-order valence-corrected chi connectivity index (χ4v) is 5.32. The second-order valence-corrected chi connectivity index (χ2v) is 8.82. The highest BCUT2D eigenvalue weighted by atomic mass is 32.2. The Balaban J connectivity index is 0.000000208. The third-order valence-electron chi connectivity index (χ3n) is 4.30. The van der Waals surface area contributed by atoms with Crippen LogP contribution in [-0.2, 0) is 24.7 Å². The summed E-state index contributed by atoms with van der Waals surface area (Å²) in [5, 5.41) is 14.8. The summed E-state index contributed by atoms with van der Waals surface area (Å²) in [4.78, 5) is 42.7. The van der Waals surface area contributed by atoms with Gasteiger partial charge in [0, 0.05) is 30.3 Å². The van der Waals surface area contributed by atoms with Crippen LogP contribution in [0.2, 0.25) is 0 Å². The Morgan fingerprint density at radius 3 is 2.30 bits per heavy atom. The number of unbranched alkanes of at least 4 members (excludes halogenated alkanes) is 1. The number of aliphatic carboxylic acids is 1. The number of thioether (sulfide) groups is 1. The van der Waals surface area contributed by atoms with Gasteiger partial charge in [-0.25, -0.2) is 4.79 Å². The SMILES string of the molecule is O=C(O)CCCC[C@@H]1SC[C@@H]2NC(=O)N[C@@H]21.O=C1CCC(=O)N1S(=O)(=O)O. The van der Waals surface area contributed by atoms with Crippen LogP contribution in [-0.4, -0.2) is 69.3 Å². The van der Waals surface area contributed by atoms with Crippen LogP contribution in [0.5, 0.6) is 0 Å². The van der Waals surface area contributed by atoms with Crippen molar-refractivity contribution in [2.75, 3.05) is 5.75 Å². The topological polar surface area (TPSA) is 170 Å². The Morgan fingerprint density at radius 2 is 1.78 bits per heavy atom. The van der Waals surface area contributed by atoms with Crippen molar-refractivity contribution in [2.24, 2.45) is 0 Å². The highest BCUT2D eigenvalue weighted by Gasteiger charge is 2.42. The van der Waals surface area contributed by atoms with Gasteiger partial charge in [-0.1, -0.05) is 6.42 Å². The number of urea groups is 1. The van der Waals surface area contributed by atoms with Crippen molar-refractivity contribution in [1.82, 2.24) is 14.9 Å².